The number of benzene rings is 2. The third-order valence-corrected chi connectivity index (χ3v) is 8.32. The number of carbonyl (C=O) groups excluding carboxylic acids is 1. The lowest BCUT2D eigenvalue weighted by molar-refractivity contribution is 0.0701. The van der Waals surface area contributed by atoms with Crippen LogP contribution in [-0.2, 0) is 15.6 Å². The van der Waals surface area contributed by atoms with Crippen LogP contribution in [0.1, 0.15) is 33.2 Å². The van der Waals surface area contributed by atoms with E-state index in [0.717, 1.165) is 0 Å². The molecule has 178 valence electrons. The van der Waals surface area contributed by atoms with Crippen LogP contribution in [0.2, 0.25) is 0 Å². The molecule has 1 aromatic heterocycles. The molecule has 3 aliphatic rings. The fourth-order valence-electron chi connectivity index (χ4n) is 5.03. The highest BCUT2D eigenvalue weighted by atomic mass is 32.2. The first-order chi connectivity index (χ1) is 16.9. The maximum atomic E-state index is 13.5. The number of carbonyl (C=O) groups is 1. The summed E-state index contributed by atoms with van der Waals surface area (Å²) in [7, 11) is -3.69. The number of aromatic hydroxyl groups is 1. The summed E-state index contributed by atoms with van der Waals surface area (Å²) in [4.78, 5) is 27.3. The van der Waals surface area contributed by atoms with Crippen molar-refractivity contribution in [1.29, 1.82) is 0 Å². The molecule has 6 rings (SSSR count). The van der Waals surface area contributed by atoms with E-state index in [0.29, 0.717) is 22.4 Å². The van der Waals surface area contributed by atoms with Crippen molar-refractivity contribution < 1.29 is 23.1 Å². The second-order valence-electron chi connectivity index (χ2n) is 8.64. The standard InChI is InChI=1S/C25H21N3O6S/c29-18-10-12-27-23(24(18)30)25(31)26-11-3-4-13-34-19-8-5-6-16-14-35(32,33)20-9-2-1-7-17(20)22(21(16)19)28(27)15-26/h1-10,12,22,30H,11,13-15H2/b4-3-/t22-/m1/s1. The van der Waals surface area contributed by atoms with Crippen molar-refractivity contribution in [3.8, 4) is 11.5 Å². The van der Waals surface area contributed by atoms with Gasteiger partial charge in [0.15, 0.2) is 21.3 Å². The Morgan fingerprint density at radius 1 is 1.00 bits per heavy atom. The van der Waals surface area contributed by atoms with Crippen molar-refractivity contribution in [2.75, 3.05) is 24.8 Å². The van der Waals surface area contributed by atoms with Crippen LogP contribution in [0.25, 0.3) is 0 Å². The van der Waals surface area contributed by atoms with Crippen LogP contribution in [-0.4, -0.2) is 48.8 Å². The zero-order valence-corrected chi connectivity index (χ0v) is 19.3. The number of fused-ring (bicyclic) bond motifs is 7. The SMILES string of the molecule is O=C1c2c(O)c(=O)ccn2N2CN1C/C=C\COc1cccc3c1[C@H]2c1ccccc1S(=O)(=O)C3. The molecule has 0 fully saturated rings. The summed E-state index contributed by atoms with van der Waals surface area (Å²) < 4.78 is 34.5. The average molecular weight is 492 g/mol. The van der Waals surface area contributed by atoms with Crippen molar-refractivity contribution >= 4 is 15.7 Å². The van der Waals surface area contributed by atoms with E-state index in [9.17, 15) is 23.1 Å². The third kappa shape index (κ3) is 3.24. The summed E-state index contributed by atoms with van der Waals surface area (Å²) in [6.07, 6.45) is 5.01. The number of amides is 1. The van der Waals surface area contributed by atoms with Gasteiger partial charge >= 0.3 is 0 Å². The highest BCUT2D eigenvalue weighted by Gasteiger charge is 2.41. The highest BCUT2D eigenvalue weighted by molar-refractivity contribution is 7.90. The van der Waals surface area contributed by atoms with Gasteiger partial charge in [0.2, 0.25) is 5.43 Å². The van der Waals surface area contributed by atoms with Crippen LogP contribution >= 0.6 is 0 Å². The first kappa shape index (κ1) is 21.5. The van der Waals surface area contributed by atoms with Gasteiger partial charge in [-0.2, -0.15) is 0 Å². The summed E-state index contributed by atoms with van der Waals surface area (Å²) >= 11 is 0. The van der Waals surface area contributed by atoms with E-state index in [4.69, 9.17) is 4.74 Å². The van der Waals surface area contributed by atoms with Gasteiger partial charge in [-0.3, -0.25) is 19.3 Å². The van der Waals surface area contributed by atoms with E-state index < -0.39 is 33.0 Å². The predicted molar refractivity (Wildman–Crippen MR) is 127 cm³/mol. The van der Waals surface area contributed by atoms with Crippen LogP contribution in [0.15, 0.2) is 76.6 Å². The summed E-state index contributed by atoms with van der Waals surface area (Å²) in [5.41, 5.74) is 0.936. The Labute approximate surface area is 201 Å². The first-order valence-electron chi connectivity index (χ1n) is 11.1. The van der Waals surface area contributed by atoms with Gasteiger partial charge in [-0.05, 0) is 29.3 Å². The van der Waals surface area contributed by atoms with Gasteiger partial charge in [0, 0.05) is 24.4 Å². The molecule has 3 aromatic rings. The maximum absolute atomic E-state index is 13.5. The largest absolute Gasteiger partial charge is 0.502 e. The number of pyridine rings is 1. The Bertz CT molecular complexity index is 1580. The van der Waals surface area contributed by atoms with E-state index in [1.165, 1.54) is 21.8 Å². The Balaban J connectivity index is 1.73. The van der Waals surface area contributed by atoms with Crippen molar-refractivity contribution in [3.05, 3.63) is 99.5 Å². The molecule has 9 nitrogen and oxygen atoms in total. The van der Waals surface area contributed by atoms with Crippen LogP contribution in [0, 0.1) is 0 Å². The molecule has 10 heteroatoms. The van der Waals surface area contributed by atoms with E-state index in [2.05, 4.69) is 0 Å². The molecule has 0 aliphatic carbocycles. The van der Waals surface area contributed by atoms with Gasteiger partial charge in [0.1, 0.15) is 25.1 Å². The van der Waals surface area contributed by atoms with Gasteiger partial charge in [0.25, 0.3) is 5.91 Å². The smallest absolute Gasteiger partial charge is 0.278 e. The Hall–Kier alpha value is -4.05. The lowest BCUT2D eigenvalue weighted by atomic mass is 9.93. The molecule has 2 aromatic carbocycles. The van der Waals surface area contributed by atoms with Crippen molar-refractivity contribution in [1.82, 2.24) is 9.58 Å². The van der Waals surface area contributed by atoms with Crippen molar-refractivity contribution in [2.24, 2.45) is 0 Å². The highest BCUT2D eigenvalue weighted by Crippen LogP contribution is 2.44. The molecular weight excluding hydrogens is 470 g/mol. The zero-order valence-electron chi connectivity index (χ0n) is 18.5. The second kappa shape index (κ2) is 7.74. The van der Waals surface area contributed by atoms with Gasteiger partial charge in [0.05, 0.1) is 10.6 Å². The van der Waals surface area contributed by atoms with E-state index in [1.54, 1.807) is 59.6 Å². The molecular formula is C25H21N3O6S. The number of hydrogen-bond acceptors (Lipinski definition) is 7. The van der Waals surface area contributed by atoms with Gasteiger partial charge in [-0.1, -0.05) is 36.4 Å². The van der Waals surface area contributed by atoms with Crippen molar-refractivity contribution in [3.63, 3.8) is 0 Å². The van der Waals surface area contributed by atoms with Crippen LogP contribution < -0.4 is 15.2 Å². The van der Waals surface area contributed by atoms with Gasteiger partial charge in [-0.25, -0.2) is 8.42 Å². The Morgan fingerprint density at radius 2 is 1.83 bits per heavy atom. The normalized spacial score (nSPS) is 20.9. The van der Waals surface area contributed by atoms with Crippen LogP contribution in [0.3, 0.4) is 0 Å². The quantitative estimate of drug-likeness (QED) is 0.479. The lowest BCUT2D eigenvalue weighted by Gasteiger charge is -2.44. The summed E-state index contributed by atoms with van der Waals surface area (Å²) in [5.74, 6) is -0.822. The molecule has 2 bridgehead atoms. The van der Waals surface area contributed by atoms with Gasteiger partial charge in [-0.15, -0.1) is 0 Å². The Morgan fingerprint density at radius 3 is 2.69 bits per heavy atom. The number of hydrogen-bond donors (Lipinski definition) is 1. The first-order valence-corrected chi connectivity index (χ1v) is 12.7. The van der Waals surface area contributed by atoms with Gasteiger partial charge < -0.3 is 14.7 Å². The minimum absolute atomic E-state index is 0.0886. The molecule has 0 radical (unpaired) electrons. The Kier molecular flexibility index (Phi) is 4.75. The predicted octanol–water partition coefficient (Wildman–Crippen LogP) is 1.93. The molecule has 1 atom stereocenters. The molecule has 0 unspecified atom stereocenters. The molecule has 4 heterocycles. The molecule has 3 aliphatic heterocycles. The monoisotopic (exact) mass is 491 g/mol. The second-order valence-corrected chi connectivity index (χ2v) is 10.6. The maximum Gasteiger partial charge on any atom is 0.278 e. The van der Waals surface area contributed by atoms with Crippen molar-refractivity contribution in [2.45, 2.75) is 16.7 Å². The third-order valence-electron chi connectivity index (χ3n) is 6.59. The minimum Gasteiger partial charge on any atom is -0.502 e. The fourth-order valence-corrected chi connectivity index (χ4v) is 6.67. The molecule has 0 saturated heterocycles. The number of aromatic nitrogens is 1. The number of rotatable bonds is 0. The lowest BCUT2D eigenvalue weighted by Crippen LogP contribution is -2.55. The summed E-state index contributed by atoms with van der Waals surface area (Å²) in [6, 6.07) is 12.6. The topological polar surface area (TPSA) is 109 Å². The summed E-state index contributed by atoms with van der Waals surface area (Å²) in [6.45, 7) is 0.540. The minimum atomic E-state index is -3.69. The molecule has 1 N–H and O–H groups in total. The molecule has 1 amide bonds. The molecule has 0 saturated carbocycles. The summed E-state index contributed by atoms with van der Waals surface area (Å²) in [5, 5.41) is 12.4. The molecule has 35 heavy (non-hydrogen) atoms. The zero-order chi connectivity index (χ0) is 24.3. The average Bonchev–Trinajstić information content (AvgIpc) is 2.95. The van der Waals surface area contributed by atoms with E-state index >= 15 is 0 Å². The number of sulfone groups is 1. The fraction of sp³-hybridized carbons (Fsp3) is 0.200. The van der Waals surface area contributed by atoms with Crippen LogP contribution in [0.5, 0.6) is 11.5 Å². The number of nitrogens with zero attached hydrogens (tertiary/aromatic N) is 3. The van der Waals surface area contributed by atoms with Crippen LogP contribution in [0.4, 0.5) is 0 Å². The van der Waals surface area contributed by atoms with E-state index in [-0.39, 0.29) is 36.2 Å². The molecule has 0 spiro atoms. The van der Waals surface area contributed by atoms with E-state index in [1.807, 2.05) is 0 Å². The number of ether oxygens (including phenoxy) is 1.